The number of alkyl halides is 3. The summed E-state index contributed by atoms with van der Waals surface area (Å²) >= 11 is 1.47. The zero-order chi connectivity index (χ0) is 10.8. The number of halogens is 4. The van der Waals surface area contributed by atoms with Gasteiger partial charge in [-0.1, -0.05) is 24.3 Å². The molecule has 0 radical (unpaired) electrons. The number of rotatable bonds is 2. The Kier molecular flexibility index (Phi) is 3.79. The van der Waals surface area contributed by atoms with Gasteiger partial charge in [0.25, 0.3) is 0 Å². The zero-order valence-electron chi connectivity index (χ0n) is 6.75. The fourth-order valence-electron chi connectivity index (χ4n) is 0.888. The van der Waals surface area contributed by atoms with Crippen LogP contribution in [0.2, 0.25) is 0 Å². The second-order valence-corrected chi connectivity index (χ2v) is 3.07. The van der Waals surface area contributed by atoms with Crippen molar-refractivity contribution in [2.75, 3.05) is 0 Å². The Labute approximate surface area is 92.9 Å². The highest BCUT2D eigenvalue weighted by Crippen LogP contribution is 2.28. The third-order valence-corrected chi connectivity index (χ3v) is 2.09. The van der Waals surface area contributed by atoms with Crippen LogP contribution in [-0.4, -0.2) is 12.1 Å². The molecule has 0 aliphatic heterocycles. The second kappa shape index (κ2) is 4.50. The molecule has 0 saturated heterocycles. The van der Waals surface area contributed by atoms with Crippen molar-refractivity contribution in [2.45, 2.75) is 6.18 Å². The van der Waals surface area contributed by atoms with Gasteiger partial charge < -0.3 is 8.01 Å². The standard InChI is InChI=1S/C7H5BF3IO2/c9-7(10,11)5-1-3-6(4-2-5)8(13)14-12/h1-4,13H. The van der Waals surface area contributed by atoms with Gasteiger partial charge >= 0.3 is 13.3 Å². The summed E-state index contributed by atoms with van der Waals surface area (Å²) < 4.78 is 40.8. The first kappa shape index (κ1) is 11.8. The molecular formula is C7H5BF3IO2. The summed E-state index contributed by atoms with van der Waals surface area (Å²) in [5.74, 6) is 0. The Morgan fingerprint density at radius 1 is 1.21 bits per heavy atom. The first-order valence-corrected chi connectivity index (χ1v) is 4.46. The van der Waals surface area contributed by atoms with E-state index in [9.17, 15) is 13.2 Å². The molecule has 0 unspecified atom stereocenters. The Balaban J connectivity index is 2.89. The van der Waals surface area contributed by atoms with Crippen molar-refractivity contribution in [3.05, 3.63) is 29.8 Å². The van der Waals surface area contributed by atoms with Gasteiger partial charge in [-0.15, -0.1) is 0 Å². The van der Waals surface area contributed by atoms with Crippen LogP contribution in [0.25, 0.3) is 0 Å². The average Bonchev–Trinajstić information content (AvgIpc) is 2.15. The Bertz CT molecular complexity index is 301. The van der Waals surface area contributed by atoms with E-state index in [1.54, 1.807) is 0 Å². The third-order valence-electron chi connectivity index (χ3n) is 1.61. The van der Waals surface area contributed by atoms with E-state index in [0.717, 1.165) is 12.1 Å². The fraction of sp³-hybridized carbons (Fsp3) is 0.143. The summed E-state index contributed by atoms with van der Waals surface area (Å²) in [4.78, 5) is 0. The average molecular weight is 316 g/mol. The van der Waals surface area contributed by atoms with Gasteiger partial charge in [-0.25, -0.2) is 0 Å². The van der Waals surface area contributed by atoms with Gasteiger partial charge in [0.05, 0.1) is 28.6 Å². The molecule has 1 N–H and O–H groups in total. The molecule has 7 heteroatoms. The molecule has 14 heavy (non-hydrogen) atoms. The van der Waals surface area contributed by atoms with Gasteiger partial charge in [-0.05, 0) is 5.46 Å². The summed E-state index contributed by atoms with van der Waals surface area (Å²) in [6, 6.07) is 4.14. The number of hydrogen-bond acceptors (Lipinski definition) is 2. The summed E-state index contributed by atoms with van der Waals surface area (Å²) in [5.41, 5.74) is -0.464. The Morgan fingerprint density at radius 2 is 1.71 bits per heavy atom. The van der Waals surface area contributed by atoms with Crippen LogP contribution in [-0.2, 0) is 9.16 Å². The zero-order valence-corrected chi connectivity index (χ0v) is 8.91. The van der Waals surface area contributed by atoms with Gasteiger partial charge in [-0.2, -0.15) is 13.2 Å². The van der Waals surface area contributed by atoms with Crippen LogP contribution in [0.4, 0.5) is 13.2 Å². The van der Waals surface area contributed by atoms with E-state index in [2.05, 4.69) is 2.98 Å². The van der Waals surface area contributed by atoms with Gasteiger partial charge in [0, 0.05) is 0 Å². The Hall–Kier alpha value is -0.275. The molecule has 2 nitrogen and oxygen atoms in total. The molecule has 1 rings (SSSR count). The van der Waals surface area contributed by atoms with E-state index in [0.29, 0.717) is 0 Å². The van der Waals surface area contributed by atoms with Crippen LogP contribution < -0.4 is 5.46 Å². The summed E-state index contributed by atoms with van der Waals surface area (Å²) in [6.07, 6.45) is -4.35. The summed E-state index contributed by atoms with van der Waals surface area (Å²) in [6.45, 7) is 0. The van der Waals surface area contributed by atoms with Crippen LogP contribution in [0, 0.1) is 0 Å². The maximum atomic E-state index is 12.1. The van der Waals surface area contributed by atoms with Crippen LogP contribution in [0.5, 0.6) is 0 Å². The van der Waals surface area contributed by atoms with E-state index < -0.39 is 18.9 Å². The largest absolute Gasteiger partial charge is 0.500 e. The van der Waals surface area contributed by atoms with E-state index in [1.807, 2.05) is 0 Å². The van der Waals surface area contributed by atoms with E-state index >= 15 is 0 Å². The van der Waals surface area contributed by atoms with Crippen molar-refractivity contribution < 1.29 is 21.2 Å². The molecule has 0 fully saturated rings. The molecule has 0 atom stereocenters. The van der Waals surface area contributed by atoms with Gasteiger partial charge in [0.15, 0.2) is 0 Å². The topological polar surface area (TPSA) is 29.5 Å². The molecule has 0 bridgehead atoms. The minimum Gasteiger partial charge on any atom is -0.423 e. The van der Waals surface area contributed by atoms with Crippen molar-refractivity contribution in [1.29, 1.82) is 0 Å². The van der Waals surface area contributed by atoms with Gasteiger partial charge in [-0.3, -0.25) is 0 Å². The highest BCUT2D eigenvalue weighted by Gasteiger charge is 2.30. The number of hydrogen-bond donors (Lipinski definition) is 1. The molecule has 0 amide bonds. The molecule has 0 saturated carbocycles. The lowest BCUT2D eigenvalue weighted by Crippen LogP contribution is -2.30. The summed E-state index contributed by atoms with van der Waals surface area (Å²) in [5, 5.41) is 9.11. The molecule has 0 heterocycles. The molecule has 0 aliphatic rings. The molecule has 1 aromatic carbocycles. The number of benzene rings is 1. The molecule has 1 aromatic rings. The first-order valence-electron chi connectivity index (χ1n) is 3.58. The Morgan fingerprint density at radius 3 is 2.07 bits per heavy atom. The maximum absolute atomic E-state index is 12.1. The van der Waals surface area contributed by atoms with Crippen molar-refractivity contribution in [1.82, 2.24) is 0 Å². The van der Waals surface area contributed by atoms with Crippen molar-refractivity contribution >= 4 is 35.6 Å². The minimum atomic E-state index is -4.35. The van der Waals surface area contributed by atoms with E-state index in [4.69, 9.17) is 5.02 Å². The predicted octanol–water partition coefficient (Wildman–Crippen LogP) is 1.76. The van der Waals surface area contributed by atoms with Gasteiger partial charge in [0.2, 0.25) is 0 Å². The molecular weight excluding hydrogens is 311 g/mol. The van der Waals surface area contributed by atoms with Gasteiger partial charge in [0.1, 0.15) is 0 Å². The monoisotopic (exact) mass is 316 g/mol. The lowest BCUT2D eigenvalue weighted by atomic mass is 9.80. The molecule has 0 spiro atoms. The highest BCUT2D eigenvalue weighted by molar-refractivity contribution is 14.1. The maximum Gasteiger partial charge on any atom is 0.500 e. The fourth-order valence-corrected chi connectivity index (χ4v) is 1.18. The minimum absolute atomic E-state index is 0.285. The summed E-state index contributed by atoms with van der Waals surface area (Å²) in [7, 11) is -1.20. The molecule has 0 aromatic heterocycles. The lowest BCUT2D eigenvalue weighted by Gasteiger charge is -2.07. The molecule has 0 aliphatic carbocycles. The van der Waals surface area contributed by atoms with Crippen molar-refractivity contribution in [3.8, 4) is 0 Å². The SMILES string of the molecule is OB(OI)c1ccc(C(F)(F)F)cc1. The predicted molar refractivity (Wildman–Crippen MR) is 54.2 cm³/mol. The second-order valence-electron chi connectivity index (χ2n) is 2.56. The molecule has 76 valence electrons. The highest BCUT2D eigenvalue weighted by atomic mass is 127. The van der Waals surface area contributed by atoms with E-state index in [1.165, 1.54) is 35.1 Å². The normalized spacial score (nSPS) is 11.5. The van der Waals surface area contributed by atoms with Crippen LogP contribution >= 0.6 is 23.0 Å². The van der Waals surface area contributed by atoms with Crippen molar-refractivity contribution in [3.63, 3.8) is 0 Å². The van der Waals surface area contributed by atoms with Crippen molar-refractivity contribution in [2.24, 2.45) is 0 Å². The van der Waals surface area contributed by atoms with E-state index in [-0.39, 0.29) is 5.46 Å². The first-order chi connectivity index (χ1) is 6.45. The van der Waals surface area contributed by atoms with Crippen LogP contribution in [0.3, 0.4) is 0 Å². The van der Waals surface area contributed by atoms with Crippen LogP contribution in [0.1, 0.15) is 5.56 Å². The lowest BCUT2D eigenvalue weighted by molar-refractivity contribution is -0.137. The third kappa shape index (κ3) is 2.86. The smallest absolute Gasteiger partial charge is 0.423 e. The quantitative estimate of drug-likeness (QED) is 0.666. The van der Waals surface area contributed by atoms with Crippen LogP contribution in [0.15, 0.2) is 24.3 Å².